The molecule has 1 rings (SSSR count). The molecule has 0 spiro atoms. The first-order valence-corrected chi connectivity index (χ1v) is 6.72. The summed E-state index contributed by atoms with van der Waals surface area (Å²) in [6, 6.07) is 5.18. The van der Waals surface area contributed by atoms with E-state index in [-0.39, 0.29) is 4.90 Å². The number of rotatable bonds is 4. The summed E-state index contributed by atoms with van der Waals surface area (Å²) in [7, 11) is -3.63. The number of nitrogens with one attached hydrogen (secondary N) is 1. The Labute approximate surface area is 96.9 Å². The van der Waals surface area contributed by atoms with Crippen LogP contribution in [0.5, 0.6) is 0 Å². The highest BCUT2D eigenvalue weighted by molar-refractivity contribution is 7.89. The van der Waals surface area contributed by atoms with Crippen molar-refractivity contribution in [1.82, 2.24) is 0 Å². The third-order valence-corrected chi connectivity index (χ3v) is 3.26. The van der Waals surface area contributed by atoms with Crippen molar-refractivity contribution >= 4 is 15.7 Å². The van der Waals surface area contributed by atoms with Gasteiger partial charge in [-0.2, -0.15) is 0 Å². The Balaban J connectivity index is 2.99. The van der Waals surface area contributed by atoms with Crippen molar-refractivity contribution in [1.29, 1.82) is 0 Å². The van der Waals surface area contributed by atoms with Gasteiger partial charge in [0.2, 0.25) is 10.0 Å². The second kappa shape index (κ2) is 4.84. The highest BCUT2D eigenvalue weighted by atomic mass is 32.2. The molecule has 5 heteroatoms. The molecule has 0 atom stereocenters. The van der Waals surface area contributed by atoms with Crippen LogP contribution in [0.3, 0.4) is 0 Å². The molecule has 0 aliphatic heterocycles. The zero-order valence-corrected chi connectivity index (χ0v) is 10.6. The summed E-state index contributed by atoms with van der Waals surface area (Å²) < 4.78 is 22.6. The lowest BCUT2D eigenvalue weighted by Gasteiger charge is -2.11. The normalized spacial score (nSPS) is 11.8. The number of benzene rings is 1. The Morgan fingerprint density at radius 1 is 1.38 bits per heavy atom. The third kappa shape index (κ3) is 3.50. The van der Waals surface area contributed by atoms with Crippen molar-refractivity contribution < 1.29 is 8.42 Å². The number of nitrogens with two attached hydrogens (primary N) is 1. The van der Waals surface area contributed by atoms with Crippen LogP contribution in [0.15, 0.2) is 23.1 Å². The monoisotopic (exact) mass is 242 g/mol. The van der Waals surface area contributed by atoms with Gasteiger partial charge in [-0.15, -0.1) is 0 Å². The summed E-state index contributed by atoms with van der Waals surface area (Å²) in [6.45, 7) is 6.70. The molecule has 4 nitrogen and oxygen atoms in total. The number of hydrogen-bond acceptors (Lipinski definition) is 3. The van der Waals surface area contributed by atoms with Crippen LogP contribution in [0, 0.1) is 12.8 Å². The van der Waals surface area contributed by atoms with Crippen LogP contribution < -0.4 is 10.5 Å². The number of hydrogen-bond donors (Lipinski definition) is 2. The standard InChI is InChI=1S/C11H18N2O2S/c1-8(2)7-13-10-5-4-9(3)11(6-10)16(12,14)15/h4-6,8,13H,7H2,1-3H3,(H2,12,14,15). The predicted molar refractivity (Wildman–Crippen MR) is 65.9 cm³/mol. The van der Waals surface area contributed by atoms with Gasteiger partial charge in [-0.3, -0.25) is 0 Å². The molecule has 0 heterocycles. The lowest BCUT2D eigenvalue weighted by Crippen LogP contribution is -2.15. The minimum atomic E-state index is -3.63. The van der Waals surface area contributed by atoms with E-state index in [0.717, 1.165) is 12.2 Å². The van der Waals surface area contributed by atoms with Crippen molar-refractivity contribution in [2.24, 2.45) is 11.1 Å². The topological polar surface area (TPSA) is 72.2 Å². The van der Waals surface area contributed by atoms with Crippen LogP contribution in [0.1, 0.15) is 19.4 Å². The SMILES string of the molecule is Cc1ccc(NCC(C)C)cc1S(N)(=O)=O. The number of anilines is 1. The molecule has 0 aliphatic rings. The summed E-state index contributed by atoms with van der Waals surface area (Å²) in [6.07, 6.45) is 0. The van der Waals surface area contributed by atoms with Gasteiger partial charge in [0.1, 0.15) is 0 Å². The fraction of sp³-hybridized carbons (Fsp3) is 0.455. The fourth-order valence-electron chi connectivity index (χ4n) is 1.34. The van der Waals surface area contributed by atoms with Crippen LogP contribution in [-0.2, 0) is 10.0 Å². The first-order valence-electron chi connectivity index (χ1n) is 5.18. The largest absolute Gasteiger partial charge is 0.385 e. The molecule has 0 aliphatic carbocycles. The molecule has 0 saturated heterocycles. The predicted octanol–water partition coefficient (Wildman–Crippen LogP) is 1.71. The quantitative estimate of drug-likeness (QED) is 0.844. The smallest absolute Gasteiger partial charge is 0.238 e. The zero-order valence-electron chi connectivity index (χ0n) is 9.82. The molecule has 0 amide bonds. The molecular formula is C11H18N2O2S. The molecule has 0 unspecified atom stereocenters. The van der Waals surface area contributed by atoms with E-state index in [1.807, 2.05) is 6.07 Å². The van der Waals surface area contributed by atoms with Crippen LogP contribution >= 0.6 is 0 Å². The Hall–Kier alpha value is -1.07. The molecule has 0 fully saturated rings. The van der Waals surface area contributed by atoms with Gasteiger partial charge in [0, 0.05) is 12.2 Å². The lowest BCUT2D eigenvalue weighted by molar-refractivity contribution is 0.597. The van der Waals surface area contributed by atoms with E-state index in [9.17, 15) is 8.42 Å². The molecule has 0 aromatic heterocycles. The van der Waals surface area contributed by atoms with E-state index in [1.54, 1.807) is 19.1 Å². The number of sulfonamides is 1. The van der Waals surface area contributed by atoms with Gasteiger partial charge in [-0.1, -0.05) is 19.9 Å². The van der Waals surface area contributed by atoms with Crippen molar-refractivity contribution in [3.05, 3.63) is 23.8 Å². The van der Waals surface area contributed by atoms with E-state index >= 15 is 0 Å². The molecule has 90 valence electrons. The minimum Gasteiger partial charge on any atom is -0.385 e. The van der Waals surface area contributed by atoms with Gasteiger partial charge in [-0.05, 0) is 30.5 Å². The second-order valence-corrected chi connectivity index (χ2v) is 5.83. The molecule has 1 aromatic rings. The maximum absolute atomic E-state index is 11.3. The van der Waals surface area contributed by atoms with E-state index in [4.69, 9.17) is 5.14 Å². The van der Waals surface area contributed by atoms with Gasteiger partial charge < -0.3 is 5.32 Å². The first kappa shape index (κ1) is 13.0. The molecule has 0 bridgehead atoms. The Kier molecular flexibility index (Phi) is 3.93. The van der Waals surface area contributed by atoms with Crippen LogP contribution in [0.25, 0.3) is 0 Å². The zero-order chi connectivity index (χ0) is 12.3. The van der Waals surface area contributed by atoms with Gasteiger partial charge >= 0.3 is 0 Å². The highest BCUT2D eigenvalue weighted by Crippen LogP contribution is 2.19. The summed E-state index contributed by atoms with van der Waals surface area (Å²) >= 11 is 0. The maximum Gasteiger partial charge on any atom is 0.238 e. The van der Waals surface area contributed by atoms with Gasteiger partial charge in [0.15, 0.2) is 0 Å². The average molecular weight is 242 g/mol. The van der Waals surface area contributed by atoms with Gasteiger partial charge in [-0.25, -0.2) is 13.6 Å². The molecule has 0 saturated carbocycles. The molecule has 1 aromatic carbocycles. The van der Waals surface area contributed by atoms with Crippen molar-refractivity contribution in [3.63, 3.8) is 0 Å². The van der Waals surface area contributed by atoms with E-state index < -0.39 is 10.0 Å². The van der Waals surface area contributed by atoms with Crippen LogP contribution in [-0.4, -0.2) is 15.0 Å². The minimum absolute atomic E-state index is 0.182. The summed E-state index contributed by atoms with van der Waals surface area (Å²) in [5.41, 5.74) is 1.45. The van der Waals surface area contributed by atoms with Gasteiger partial charge in [0.05, 0.1) is 4.90 Å². The molecule has 16 heavy (non-hydrogen) atoms. The number of primary sulfonamides is 1. The summed E-state index contributed by atoms with van der Waals surface area (Å²) in [5, 5.41) is 8.29. The van der Waals surface area contributed by atoms with Crippen LogP contribution in [0.4, 0.5) is 5.69 Å². The molecular weight excluding hydrogens is 224 g/mol. The Morgan fingerprint density at radius 2 is 2.00 bits per heavy atom. The number of aryl methyl sites for hydroxylation is 1. The van der Waals surface area contributed by atoms with E-state index in [2.05, 4.69) is 19.2 Å². The highest BCUT2D eigenvalue weighted by Gasteiger charge is 2.11. The average Bonchev–Trinajstić information content (AvgIpc) is 2.14. The fourth-order valence-corrected chi connectivity index (χ4v) is 2.15. The van der Waals surface area contributed by atoms with Crippen molar-refractivity contribution in [2.75, 3.05) is 11.9 Å². The second-order valence-electron chi connectivity index (χ2n) is 4.30. The van der Waals surface area contributed by atoms with E-state index in [1.165, 1.54) is 0 Å². The van der Waals surface area contributed by atoms with Crippen molar-refractivity contribution in [3.8, 4) is 0 Å². The summed E-state index contributed by atoms with van der Waals surface area (Å²) in [5.74, 6) is 0.499. The van der Waals surface area contributed by atoms with Gasteiger partial charge in [0.25, 0.3) is 0 Å². The summed E-state index contributed by atoms with van der Waals surface area (Å²) in [4.78, 5) is 0.182. The van der Waals surface area contributed by atoms with Crippen LogP contribution in [0.2, 0.25) is 0 Å². The first-order chi connectivity index (χ1) is 7.30. The Bertz CT molecular complexity index is 467. The van der Waals surface area contributed by atoms with Crippen molar-refractivity contribution in [2.45, 2.75) is 25.7 Å². The third-order valence-electron chi connectivity index (χ3n) is 2.21. The maximum atomic E-state index is 11.3. The molecule has 3 N–H and O–H groups in total. The molecule has 0 radical (unpaired) electrons. The lowest BCUT2D eigenvalue weighted by atomic mass is 10.2. The Morgan fingerprint density at radius 3 is 2.50 bits per heavy atom. The van der Waals surface area contributed by atoms with E-state index in [0.29, 0.717) is 11.5 Å².